The van der Waals surface area contributed by atoms with Gasteiger partial charge in [0.15, 0.2) is 0 Å². The quantitative estimate of drug-likeness (QED) is 0.873. The van der Waals surface area contributed by atoms with Gasteiger partial charge in [-0.2, -0.15) is 0 Å². The molecule has 0 bridgehead atoms. The summed E-state index contributed by atoms with van der Waals surface area (Å²) in [5.41, 5.74) is 3.54. The molecule has 2 aromatic rings. The predicted molar refractivity (Wildman–Crippen MR) is 79.1 cm³/mol. The number of aryl methyl sites for hydroxylation is 1. The van der Waals surface area contributed by atoms with Crippen LogP contribution in [0.25, 0.3) is 0 Å². The van der Waals surface area contributed by atoms with Crippen molar-refractivity contribution >= 4 is 17.3 Å². The number of nitrogens with one attached hydrogen (secondary N) is 1. The Balaban J connectivity index is 1.84. The number of rotatable bonds is 2. The summed E-state index contributed by atoms with van der Waals surface area (Å²) in [6.07, 6.45) is 1.10. The molecule has 0 radical (unpaired) electrons. The van der Waals surface area contributed by atoms with Crippen LogP contribution in [0.1, 0.15) is 24.2 Å². The maximum absolute atomic E-state index is 6.03. The van der Waals surface area contributed by atoms with Crippen molar-refractivity contribution in [3.8, 4) is 5.75 Å². The second-order valence-electron chi connectivity index (χ2n) is 4.72. The van der Waals surface area contributed by atoms with Crippen LogP contribution in [0, 0.1) is 0 Å². The van der Waals surface area contributed by atoms with Gasteiger partial charge in [-0.25, -0.2) is 0 Å². The molecule has 19 heavy (non-hydrogen) atoms. The zero-order valence-corrected chi connectivity index (χ0v) is 11.6. The Bertz CT molecular complexity index is 580. The average Bonchev–Trinajstić information content (AvgIpc) is 2.46. The number of hydrogen-bond acceptors (Lipinski definition) is 2. The van der Waals surface area contributed by atoms with Gasteiger partial charge < -0.3 is 10.1 Å². The van der Waals surface area contributed by atoms with Crippen molar-refractivity contribution in [3.63, 3.8) is 0 Å². The number of fused-ring (bicyclic) bond motifs is 1. The van der Waals surface area contributed by atoms with E-state index in [0.717, 1.165) is 24.4 Å². The molecule has 1 heterocycles. The Labute approximate surface area is 118 Å². The van der Waals surface area contributed by atoms with Crippen LogP contribution >= 0.6 is 11.6 Å². The van der Waals surface area contributed by atoms with Crippen molar-refractivity contribution in [1.29, 1.82) is 0 Å². The number of benzene rings is 2. The molecule has 3 rings (SSSR count). The van der Waals surface area contributed by atoms with Gasteiger partial charge in [-0.05, 0) is 29.7 Å². The fraction of sp³-hybridized carbons (Fsp3) is 0.250. The van der Waals surface area contributed by atoms with E-state index in [1.54, 1.807) is 0 Å². The molecule has 0 amide bonds. The smallest absolute Gasteiger partial charge is 0.144 e. The van der Waals surface area contributed by atoms with Crippen LogP contribution in [0.5, 0.6) is 5.75 Å². The first-order chi connectivity index (χ1) is 9.26. The first-order valence-corrected chi connectivity index (χ1v) is 6.93. The molecular formula is C16H16ClNO. The van der Waals surface area contributed by atoms with E-state index in [2.05, 4.69) is 36.5 Å². The minimum atomic E-state index is 0.0388. The van der Waals surface area contributed by atoms with Crippen LogP contribution in [-0.4, -0.2) is 6.54 Å². The van der Waals surface area contributed by atoms with E-state index >= 15 is 0 Å². The maximum Gasteiger partial charge on any atom is 0.144 e. The first-order valence-electron chi connectivity index (χ1n) is 6.55. The van der Waals surface area contributed by atoms with Crippen molar-refractivity contribution in [2.45, 2.75) is 19.4 Å². The minimum Gasteiger partial charge on any atom is -0.482 e. The van der Waals surface area contributed by atoms with Crippen molar-refractivity contribution in [2.75, 3.05) is 11.9 Å². The van der Waals surface area contributed by atoms with Gasteiger partial charge in [0.25, 0.3) is 0 Å². The van der Waals surface area contributed by atoms with Crippen LogP contribution < -0.4 is 10.1 Å². The van der Waals surface area contributed by atoms with Crippen LogP contribution in [-0.2, 0) is 6.42 Å². The molecule has 1 atom stereocenters. The molecule has 2 aromatic carbocycles. The van der Waals surface area contributed by atoms with Crippen LogP contribution in [0.3, 0.4) is 0 Å². The zero-order chi connectivity index (χ0) is 13.2. The van der Waals surface area contributed by atoms with Crippen molar-refractivity contribution in [1.82, 2.24) is 0 Å². The van der Waals surface area contributed by atoms with Gasteiger partial charge >= 0.3 is 0 Å². The Morgan fingerprint density at radius 3 is 2.74 bits per heavy atom. The highest BCUT2D eigenvalue weighted by atomic mass is 35.5. The third-order valence-corrected chi connectivity index (χ3v) is 3.69. The molecular weight excluding hydrogens is 258 g/mol. The summed E-state index contributed by atoms with van der Waals surface area (Å²) in [6, 6.07) is 14.3. The summed E-state index contributed by atoms with van der Waals surface area (Å²) < 4.78 is 6.03. The summed E-state index contributed by atoms with van der Waals surface area (Å²) in [7, 11) is 0. The van der Waals surface area contributed by atoms with Crippen LogP contribution in [0.15, 0.2) is 42.5 Å². The zero-order valence-electron chi connectivity index (χ0n) is 10.8. The molecule has 0 aromatic heterocycles. The fourth-order valence-electron chi connectivity index (χ4n) is 2.29. The molecule has 2 nitrogen and oxygen atoms in total. The maximum atomic E-state index is 6.03. The van der Waals surface area contributed by atoms with E-state index in [1.807, 2.05) is 18.2 Å². The molecule has 0 saturated heterocycles. The van der Waals surface area contributed by atoms with Gasteiger partial charge in [0.2, 0.25) is 0 Å². The lowest BCUT2D eigenvalue weighted by Gasteiger charge is -2.28. The lowest BCUT2D eigenvalue weighted by Crippen LogP contribution is -2.23. The lowest BCUT2D eigenvalue weighted by molar-refractivity contribution is 0.210. The third kappa shape index (κ3) is 2.54. The molecule has 98 valence electrons. The Kier molecular flexibility index (Phi) is 3.34. The van der Waals surface area contributed by atoms with Crippen molar-refractivity contribution < 1.29 is 4.74 Å². The summed E-state index contributed by atoms with van der Waals surface area (Å²) in [4.78, 5) is 0. The van der Waals surface area contributed by atoms with E-state index in [0.29, 0.717) is 5.02 Å². The van der Waals surface area contributed by atoms with Gasteiger partial charge in [-0.3, -0.25) is 0 Å². The van der Waals surface area contributed by atoms with E-state index in [4.69, 9.17) is 16.3 Å². The largest absolute Gasteiger partial charge is 0.482 e. The summed E-state index contributed by atoms with van der Waals surface area (Å²) in [6.45, 7) is 2.94. The Hall–Kier alpha value is -1.67. The SMILES string of the molecule is CCc1ccc(C2CNc3ccc(Cl)cc3O2)cc1. The third-order valence-electron chi connectivity index (χ3n) is 3.45. The number of ether oxygens (including phenoxy) is 1. The summed E-state index contributed by atoms with van der Waals surface area (Å²) in [5.74, 6) is 0.823. The monoisotopic (exact) mass is 273 g/mol. The standard InChI is InChI=1S/C16H16ClNO/c1-2-11-3-5-12(6-4-11)16-10-18-14-8-7-13(17)9-15(14)19-16/h3-9,16,18H,2,10H2,1H3. The second kappa shape index (κ2) is 5.14. The number of halogens is 1. The van der Waals surface area contributed by atoms with E-state index in [9.17, 15) is 0 Å². The molecule has 0 spiro atoms. The Morgan fingerprint density at radius 2 is 2.00 bits per heavy atom. The highest BCUT2D eigenvalue weighted by molar-refractivity contribution is 6.30. The lowest BCUT2D eigenvalue weighted by atomic mass is 10.0. The molecule has 0 aliphatic carbocycles. The second-order valence-corrected chi connectivity index (χ2v) is 5.16. The van der Waals surface area contributed by atoms with E-state index < -0.39 is 0 Å². The van der Waals surface area contributed by atoms with Crippen LogP contribution in [0.2, 0.25) is 5.02 Å². The molecule has 1 aliphatic rings. The van der Waals surface area contributed by atoms with Gasteiger partial charge in [-0.15, -0.1) is 0 Å². The van der Waals surface area contributed by atoms with Crippen molar-refractivity contribution in [3.05, 3.63) is 58.6 Å². The molecule has 1 N–H and O–H groups in total. The fourth-order valence-corrected chi connectivity index (χ4v) is 2.45. The van der Waals surface area contributed by atoms with Crippen LogP contribution in [0.4, 0.5) is 5.69 Å². The van der Waals surface area contributed by atoms with E-state index in [1.165, 1.54) is 11.1 Å². The summed E-state index contributed by atoms with van der Waals surface area (Å²) in [5, 5.41) is 4.08. The van der Waals surface area contributed by atoms with Gasteiger partial charge in [-0.1, -0.05) is 42.8 Å². The first kappa shape index (κ1) is 12.4. The van der Waals surface area contributed by atoms with Gasteiger partial charge in [0.1, 0.15) is 11.9 Å². The number of hydrogen-bond donors (Lipinski definition) is 1. The molecule has 0 fully saturated rings. The molecule has 1 unspecified atom stereocenters. The summed E-state index contributed by atoms with van der Waals surface area (Å²) >= 11 is 6.00. The van der Waals surface area contributed by atoms with E-state index in [-0.39, 0.29) is 6.10 Å². The highest BCUT2D eigenvalue weighted by Crippen LogP contribution is 2.35. The molecule has 1 aliphatic heterocycles. The average molecular weight is 274 g/mol. The van der Waals surface area contributed by atoms with Gasteiger partial charge in [0, 0.05) is 11.1 Å². The number of anilines is 1. The normalized spacial score (nSPS) is 17.3. The highest BCUT2D eigenvalue weighted by Gasteiger charge is 2.20. The van der Waals surface area contributed by atoms with Gasteiger partial charge in [0.05, 0.1) is 12.2 Å². The molecule has 0 saturated carbocycles. The van der Waals surface area contributed by atoms with Crippen molar-refractivity contribution in [2.24, 2.45) is 0 Å². The molecule has 3 heteroatoms. The predicted octanol–water partition coefficient (Wildman–Crippen LogP) is 4.45. The topological polar surface area (TPSA) is 21.3 Å². The Morgan fingerprint density at radius 1 is 1.21 bits per heavy atom. The minimum absolute atomic E-state index is 0.0388.